The number of hydrogen-bond donors (Lipinski definition) is 2. The maximum atomic E-state index is 13.4. The molecule has 11 nitrogen and oxygen atoms in total. The molecule has 7 aliphatic rings. The van der Waals surface area contributed by atoms with Gasteiger partial charge in [0.25, 0.3) is 5.91 Å². The van der Waals surface area contributed by atoms with Crippen molar-refractivity contribution in [2.75, 3.05) is 62.3 Å². The van der Waals surface area contributed by atoms with E-state index in [4.69, 9.17) is 9.47 Å². The number of piperazine rings is 1. The molecule has 3 saturated heterocycles. The van der Waals surface area contributed by atoms with Gasteiger partial charge >= 0.3 is 0 Å². The zero-order valence-electron chi connectivity index (χ0n) is 33.4. The number of benzene rings is 4. The van der Waals surface area contributed by atoms with Crippen molar-refractivity contribution in [2.24, 2.45) is 11.3 Å². The Morgan fingerprint density at radius 1 is 0.797 bits per heavy atom. The molecule has 1 aliphatic carbocycles. The number of aromatic hydroxyl groups is 1. The Kier molecular flexibility index (Phi) is 8.87. The minimum atomic E-state index is -0.619. The van der Waals surface area contributed by atoms with Crippen LogP contribution in [-0.4, -0.2) is 97.2 Å². The third-order valence-electron chi connectivity index (χ3n) is 14.6. The molecule has 59 heavy (non-hydrogen) atoms. The van der Waals surface area contributed by atoms with Crippen molar-refractivity contribution in [3.05, 3.63) is 113 Å². The van der Waals surface area contributed by atoms with Crippen LogP contribution in [0.5, 0.6) is 17.2 Å². The first-order valence-corrected chi connectivity index (χ1v) is 21.6. The van der Waals surface area contributed by atoms with E-state index in [-0.39, 0.29) is 47.8 Å². The number of fused-ring (bicyclic) bond motifs is 5. The lowest BCUT2D eigenvalue weighted by Crippen LogP contribution is -2.59. The second kappa shape index (κ2) is 14.3. The van der Waals surface area contributed by atoms with Crippen molar-refractivity contribution in [3.8, 4) is 17.2 Å². The maximum absolute atomic E-state index is 13.4. The lowest BCUT2D eigenvalue weighted by molar-refractivity contribution is -0.136. The molecule has 11 rings (SSSR count). The van der Waals surface area contributed by atoms with Gasteiger partial charge in [-0.2, -0.15) is 0 Å². The van der Waals surface area contributed by atoms with E-state index in [0.29, 0.717) is 43.1 Å². The Hall–Kier alpha value is -5.55. The van der Waals surface area contributed by atoms with Crippen LogP contribution in [0.2, 0.25) is 0 Å². The van der Waals surface area contributed by atoms with Gasteiger partial charge in [-0.15, -0.1) is 0 Å². The van der Waals surface area contributed by atoms with Crippen LogP contribution in [0.1, 0.15) is 83.0 Å². The number of nitrogens with one attached hydrogen (secondary N) is 1. The zero-order chi connectivity index (χ0) is 39.8. The summed E-state index contributed by atoms with van der Waals surface area (Å²) in [5.74, 6) is 1.97. The smallest absolute Gasteiger partial charge is 0.255 e. The molecule has 4 aromatic rings. The van der Waals surface area contributed by atoms with Gasteiger partial charge in [0.05, 0.1) is 18.3 Å². The number of piperidine rings is 1. The summed E-state index contributed by atoms with van der Waals surface area (Å²) in [4.78, 5) is 47.0. The molecule has 6 heterocycles. The maximum Gasteiger partial charge on any atom is 0.255 e. The monoisotopic (exact) mass is 793 g/mol. The van der Waals surface area contributed by atoms with Gasteiger partial charge in [-0.3, -0.25) is 24.6 Å². The molecule has 2 N–H and O–H groups in total. The molecule has 0 radical (unpaired) electrons. The molecular formula is C48H51N5O6. The molecule has 0 bridgehead atoms. The van der Waals surface area contributed by atoms with Crippen LogP contribution in [0.3, 0.4) is 0 Å². The SMILES string of the molecule is O=C1CCC(N2Cc3cc4c(cc3C2=O)OC[C@@H]2CN(CC3CCC5(CC3)CN(c3ccc([C@@H]6c7ccc(O)cc7OC[C@@H]6c6ccccc6)cc3)C5)CCN42)C(=O)N1. The quantitative estimate of drug-likeness (QED) is 0.226. The van der Waals surface area contributed by atoms with Gasteiger partial charge in [-0.25, -0.2) is 0 Å². The molecule has 304 valence electrons. The number of rotatable bonds is 6. The third kappa shape index (κ3) is 6.49. The van der Waals surface area contributed by atoms with Gasteiger partial charge in [0.1, 0.15) is 29.9 Å². The van der Waals surface area contributed by atoms with Gasteiger partial charge in [-0.05, 0) is 85.0 Å². The van der Waals surface area contributed by atoms with Crippen molar-refractivity contribution < 1.29 is 29.0 Å². The topological polar surface area (TPSA) is 115 Å². The van der Waals surface area contributed by atoms with Crippen molar-refractivity contribution in [2.45, 2.75) is 69.0 Å². The molecule has 1 unspecified atom stereocenters. The summed E-state index contributed by atoms with van der Waals surface area (Å²) in [7, 11) is 0. The van der Waals surface area contributed by atoms with E-state index in [1.807, 2.05) is 12.1 Å². The number of ether oxygens (including phenoxy) is 2. The first-order chi connectivity index (χ1) is 28.8. The van der Waals surface area contributed by atoms with Crippen LogP contribution in [0.25, 0.3) is 0 Å². The van der Waals surface area contributed by atoms with E-state index < -0.39 is 6.04 Å². The van der Waals surface area contributed by atoms with Crippen LogP contribution in [0.15, 0.2) is 84.9 Å². The van der Waals surface area contributed by atoms with Crippen molar-refractivity contribution >= 4 is 29.1 Å². The average molecular weight is 794 g/mol. The number of amides is 3. The van der Waals surface area contributed by atoms with Gasteiger partial charge in [-0.1, -0.05) is 48.5 Å². The largest absolute Gasteiger partial charge is 0.508 e. The Bertz CT molecular complexity index is 2300. The second-order valence-corrected chi connectivity index (χ2v) is 18.2. The first-order valence-electron chi connectivity index (χ1n) is 21.6. The Morgan fingerprint density at radius 3 is 2.39 bits per heavy atom. The van der Waals surface area contributed by atoms with E-state index in [2.05, 4.69) is 80.7 Å². The normalized spacial score (nSPS) is 26.2. The zero-order valence-corrected chi connectivity index (χ0v) is 33.4. The van der Waals surface area contributed by atoms with E-state index in [9.17, 15) is 19.5 Å². The highest BCUT2D eigenvalue weighted by Crippen LogP contribution is 2.50. The van der Waals surface area contributed by atoms with E-state index in [1.54, 1.807) is 17.0 Å². The fourth-order valence-electron chi connectivity index (χ4n) is 11.4. The van der Waals surface area contributed by atoms with Crippen molar-refractivity contribution in [1.82, 2.24) is 15.1 Å². The summed E-state index contributed by atoms with van der Waals surface area (Å²) >= 11 is 0. The van der Waals surface area contributed by atoms with Gasteiger partial charge in [0, 0.05) is 92.4 Å². The minimum Gasteiger partial charge on any atom is -0.508 e. The van der Waals surface area contributed by atoms with Crippen LogP contribution in [-0.2, 0) is 16.1 Å². The summed E-state index contributed by atoms with van der Waals surface area (Å²) in [5.41, 5.74) is 7.96. The highest BCUT2D eigenvalue weighted by molar-refractivity contribution is 6.06. The molecule has 0 aromatic heterocycles. The summed E-state index contributed by atoms with van der Waals surface area (Å²) in [6, 6.07) is 29.0. The number of imide groups is 1. The predicted molar refractivity (Wildman–Crippen MR) is 223 cm³/mol. The molecule has 6 aliphatic heterocycles. The number of hydrogen-bond acceptors (Lipinski definition) is 9. The van der Waals surface area contributed by atoms with Crippen molar-refractivity contribution in [3.63, 3.8) is 0 Å². The first kappa shape index (κ1) is 36.5. The molecular weight excluding hydrogens is 743 g/mol. The summed E-state index contributed by atoms with van der Waals surface area (Å²) < 4.78 is 12.5. The number of nitrogens with zero attached hydrogens (tertiary/aromatic N) is 4. The second-order valence-electron chi connectivity index (χ2n) is 18.2. The fraction of sp³-hybridized carbons (Fsp3) is 0.438. The van der Waals surface area contributed by atoms with Crippen LogP contribution in [0.4, 0.5) is 11.4 Å². The van der Waals surface area contributed by atoms with E-state index in [0.717, 1.165) is 67.6 Å². The van der Waals surface area contributed by atoms with Gasteiger partial charge in [0.15, 0.2) is 0 Å². The van der Waals surface area contributed by atoms with Crippen LogP contribution >= 0.6 is 0 Å². The third-order valence-corrected chi connectivity index (χ3v) is 14.6. The highest BCUT2D eigenvalue weighted by atomic mass is 16.5. The van der Waals surface area contributed by atoms with E-state index in [1.165, 1.54) is 42.5 Å². The highest BCUT2D eigenvalue weighted by Gasteiger charge is 2.46. The molecule has 1 spiro atoms. The number of anilines is 2. The molecule has 3 amide bonds. The number of carbonyl (C=O) groups excluding carboxylic acids is 3. The Morgan fingerprint density at radius 2 is 1.59 bits per heavy atom. The standard InChI is InChI=1S/C48H51N5O6/c54-36-10-11-37-42(21-36)59-27-39(31-4-2-1-3-5-31)45(37)32-6-8-34(9-7-32)51-28-48(29-51)16-14-30(15-17-48)23-50-18-19-52-35(25-50)26-58-43-22-38-33(20-41(43)52)24-53(47(38)57)40-12-13-44(55)49-46(40)56/h1-11,20-22,30,35,39-40,45,54H,12-19,23-29H2,(H,49,55,56)/t35-,39+,40?,45+/m0/s1. The van der Waals surface area contributed by atoms with Crippen LogP contribution < -0.4 is 24.6 Å². The molecule has 4 aromatic carbocycles. The summed E-state index contributed by atoms with van der Waals surface area (Å²) in [6.45, 7) is 7.84. The fourth-order valence-corrected chi connectivity index (χ4v) is 11.4. The lowest BCUT2D eigenvalue weighted by atomic mass is 9.65. The predicted octanol–water partition coefficient (Wildman–Crippen LogP) is 6.04. The summed E-state index contributed by atoms with van der Waals surface area (Å²) in [5, 5.41) is 12.6. The van der Waals surface area contributed by atoms with Crippen molar-refractivity contribution in [1.29, 1.82) is 0 Å². The molecule has 4 fully saturated rings. The summed E-state index contributed by atoms with van der Waals surface area (Å²) in [6.07, 6.45) is 5.74. The Labute approximate surface area is 344 Å². The molecule has 4 atom stereocenters. The number of carbonyl (C=O) groups is 3. The molecule has 1 saturated carbocycles. The average Bonchev–Trinajstić information content (AvgIpc) is 3.56. The van der Waals surface area contributed by atoms with Gasteiger partial charge in [0.2, 0.25) is 11.8 Å². The van der Waals surface area contributed by atoms with E-state index >= 15 is 0 Å². The van der Waals surface area contributed by atoms with Gasteiger partial charge < -0.3 is 29.3 Å². The number of phenolic OH excluding ortho intramolecular Hbond substituents is 1. The van der Waals surface area contributed by atoms with Crippen LogP contribution in [0, 0.1) is 11.3 Å². The minimum absolute atomic E-state index is 0.144. The molecule has 11 heteroatoms. The lowest BCUT2D eigenvalue weighted by Gasteiger charge is -2.55. The Balaban J connectivity index is 0.687. The number of phenols is 1.